The standard InChI is InChI=1S/C17H15BrN2O3S/c1-12-19-17(11-20(12)2)24(21,22)23-16-9-5-14(6-10-16)13-3-7-15(18)8-4-13/h3-11H,1-2H3. The van der Waals surface area contributed by atoms with E-state index in [0.717, 1.165) is 15.6 Å². The van der Waals surface area contributed by atoms with Crippen LogP contribution in [0, 0.1) is 6.92 Å². The van der Waals surface area contributed by atoms with Gasteiger partial charge in [0.2, 0.25) is 5.03 Å². The maximum absolute atomic E-state index is 12.3. The second kappa shape index (κ2) is 6.41. The van der Waals surface area contributed by atoms with Gasteiger partial charge in [-0.15, -0.1) is 0 Å². The number of imidazole rings is 1. The molecular weight excluding hydrogens is 392 g/mol. The van der Waals surface area contributed by atoms with Crippen LogP contribution in [0.3, 0.4) is 0 Å². The van der Waals surface area contributed by atoms with Crippen LogP contribution in [0.4, 0.5) is 0 Å². The molecule has 0 aliphatic carbocycles. The van der Waals surface area contributed by atoms with E-state index in [1.165, 1.54) is 6.20 Å². The minimum atomic E-state index is -3.94. The van der Waals surface area contributed by atoms with Gasteiger partial charge in [0.25, 0.3) is 0 Å². The Morgan fingerprint density at radius 3 is 2.04 bits per heavy atom. The molecule has 0 saturated heterocycles. The van der Waals surface area contributed by atoms with Crippen molar-refractivity contribution < 1.29 is 12.6 Å². The summed E-state index contributed by atoms with van der Waals surface area (Å²) in [7, 11) is -2.21. The molecule has 124 valence electrons. The molecule has 0 atom stereocenters. The van der Waals surface area contributed by atoms with E-state index < -0.39 is 10.1 Å². The Morgan fingerprint density at radius 1 is 1.00 bits per heavy atom. The van der Waals surface area contributed by atoms with Crippen molar-refractivity contribution in [1.82, 2.24) is 9.55 Å². The average molecular weight is 407 g/mol. The van der Waals surface area contributed by atoms with Crippen LogP contribution in [0.2, 0.25) is 0 Å². The highest BCUT2D eigenvalue weighted by molar-refractivity contribution is 9.10. The summed E-state index contributed by atoms with van der Waals surface area (Å²) >= 11 is 3.40. The number of benzene rings is 2. The van der Waals surface area contributed by atoms with Gasteiger partial charge in [-0.3, -0.25) is 0 Å². The summed E-state index contributed by atoms with van der Waals surface area (Å²) < 4.78 is 32.3. The second-order valence-corrected chi connectivity index (χ2v) is 7.71. The van der Waals surface area contributed by atoms with Crippen LogP contribution in [-0.2, 0) is 17.2 Å². The van der Waals surface area contributed by atoms with Gasteiger partial charge in [0.05, 0.1) is 0 Å². The Hall–Kier alpha value is -2.12. The van der Waals surface area contributed by atoms with Crippen molar-refractivity contribution in [2.75, 3.05) is 0 Å². The average Bonchev–Trinajstić information content (AvgIpc) is 2.89. The molecule has 1 heterocycles. The summed E-state index contributed by atoms with van der Waals surface area (Å²) in [6.07, 6.45) is 1.43. The number of hydrogen-bond donors (Lipinski definition) is 0. The Morgan fingerprint density at radius 2 is 1.54 bits per heavy atom. The topological polar surface area (TPSA) is 61.2 Å². The largest absolute Gasteiger partial charge is 0.378 e. The molecule has 0 aliphatic heterocycles. The van der Waals surface area contributed by atoms with Gasteiger partial charge in [0, 0.05) is 17.7 Å². The maximum atomic E-state index is 12.3. The summed E-state index contributed by atoms with van der Waals surface area (Å²) in [6, 6.07) is 14.8. The van der Waals surface area contributed by atoms with Crippen LogP contribution in [0.5, 0.6) is 5.75 Å². The molecule has 0 unspecified atom stereocenters. The normalized spacial score (nSPS) is 11.5. The van der Waals surface area contributed by atoms with E-state index in [0.29, 0.717) is 5.82 Å². The van der Waals surface area contributed by atoms with Crippen molar-refractivity contribution in [1.29, 1.82) is 0 Å². The zero-order valence-electron chi connectivity index (χ0n) is 13.1. The van der Waals surface area contributed by atoms with E-state index in [1.807, 2.05) is 36.4 Å². The van der Waals surface area contributed by atoms with Gasteiger partial charge in [0.1, 0.15) is 11.6 Å². The van der Waals surface area contributed by atoms with Gasteiger partial charge < -0.3 is 8.75 Å². The Balaban J connectivity index is 1.82. The molecule has 0 bridgehead atoms. The zero-order valence-corrected chi connectivity index (χ0v) is 15.5. The lowest BCUT2D eigenvalue weighted by Crippen LogP contribution is -2.10. The molecular formula is C17H15BrN2O3S. The van der Waals surface area contributed by atoms with Crippen molar-refractivity contribution in [3.8, 4) is 16.9 Å². The van der Waals surface area contributed by atoms with Crippen LogP contribution in [0.1, 0.15) is 5.82 Å². The number of rotatable bonds is 4. The summed E-state index contributed by atoms with van der Waals surface area (Å²) in [5.41, 5.74) is 2.01. The monoisotopic (exact) mass is 406 g/mol. The van der Waals surface area contributed by atoms with E-state index in [2.05, 4.69) is 20.9 Å². The van der Waals surface area contributed by atoms with E-state index in [4.69, 9.17) is 4.18 Å². The van der Waals surface area contributed by atoms with E-state index in [1.54, 1.807) is 30.7 Å². The minimum absolute atomic E-state index is 0.0977. The molecule has 0 amide bonds. The fourth-order valence-electron chi connectivity index (χ4n) is 2.16. The van der Waals surface area contributed by atoms with Crippen LogP contribution in [-0.4, -0.2) is 18.0 Å². The summed E-state index contributed by atoms with van der Waals surface area (Å²) in [6.45, 7) is 1.73. The highest BCUT2D eigenvalue weighted by atomic mass is 79.9. The molecule has 0 fully saturated rings. The predicted octanol–water partition coefficient (Wildman–Crippen LogP) is 3.93. The van der Waals surface area contributed by atoms with Gasteiger partial charge >= 0.3 is 10.1 Å². The molecule has 0 radical (unpaired) electrons. The first-order chi connectivity index (χ1) is 11.3. The second-order valence-electron chi connectivity index (χ2n) is 5.31. The summed E-state index contributed by atoms with van der Waals surface area (Å²) in [5, 5.41) is -0.0977. The molecule has 2 aromatic carbocycles. The maximum Gasteiger partial charge on any atom is 0.358 e. The smallest absolute Gasteiger partial charge is 0.358 e. The summed E-state index contributed by atoms with van der Waals surface area (Å²) in [5.74, 6) is 0.849. The third-order valence-electron chi connectivity index (χ3n) is 3.58. The molecule has 0 spiro atoms. The zero-order chi connectivity index (χ0) is 17.3. The number of hydrogen-bond acceptors (Lipinski definition) is 4. The lowest BCUT2D eigenvalue weighted by molar-refractivity contribution is 0.482. The van der Waals surface area contributed by atoms with Crippen LogP contribution >= 0.6 is 15.9 Å². The van der Waals surface area contributed by atoms with Crippen molar-refractivity contribution in [3.05, 3.63) is 65.0 Å². The lowest BCUT2D eigenvalue weighted by atomic mass is 10.1. The van der Waals surface area contributed by atoms with Crippen molar-refractivity contribution in [2.24, 2.45) is 7.05 Å². The summed E-state index contributed by atoms with van der Waals surface area (Å²) in [4.78, 5) is 4.00. The van der Waals surface area contributed by atoms with Gasteiger partial charge in [-0.2, -0.15) is 8.42 Å². The van der Waals surface area contributed by atoms with Crippen molar-refractivity contribution >= 4 is 26.0 Å². The van der Waals surface area contributed by atoms with Gasteiger partial charge in [0.15, 0.2) is 0 Å². The first-order valence-electron chi connectivity index (χ1n) is 7.15. The minimum Gasteiger partial charge on any atom is -0.378 e. The lowest BCUT2D eigenvalue weighted by Gasteiger charge is -2.06. The van der Waals surface area contributed by atoms with E-state index >= 15 is 0 Å². The Kier molecular flexibility index (Phi) is 4.47. The molecule has 5 nitrogen and oxygen atoms in total. The molecule has 0 aliphatic rings. The van der Waals surface area contributed by atoms with E-state index in [9.17, 15) is 8.42 Å². The van der Waals surface area contributed by atoms with Gasteiger partial charge in [-0.25, -0.2) is 4.98 Å². The SMILES string of the molecule is Cc1nc(S(=O)(=O)Oc2ccc(-c3ccc(Br)cc3)cc2)cn1C. The molecule has 0 N–H and O–H groups in total. The Bertz CT molecular complexity index is 943. The Labute approximate surface area is 149 Å². The van der Waals surface area contributed by atoms with Crippen molar-refractivity contribution in [3.63, 3.8) is 0 Å². The fourth-order valence-corrected chi connectivity index (χ4v) is 3.41. The first-order valence-corrected chi connectivity index (χ1v) is 9.36. The molecule has 1 aromatic heterocycles. The van der Waals surface area contributed by atoms with Gasteiger partial charge in [-0.1, -0.05) is 40.2 Å². The number of halogens is 1. The number of aryl methyl sites for hydroxylation is 2. The molecule has 24 heavy (non-hydrogen) atoms. The third-order valence-corrected chi connectivity index (χ3v) is 5.23. The quantitative estimate of drug-likeness (QED) is 0.615. The molecule has 3 rings (SSSR count). The van der Waals surface area contributed by atoms with Crippen LogP contribution in [0.15, 0.2) is 64.2 Å². The number of aromatic nitrogens is 2. The molecule has 3 aromatic rings. The van der Waals surface area contributed by atoms with Gasteiger partial charge in [-0.05, 0) is 42.3 Å². The third kappa shape index (κ3) is 3.52. The van der Waals surface area contributed by atoms with E-state index in [-0.39, 0.29) is 10.8 Å². The molecule has 7 heteroatoms. The highest BCUT2D eigenvalue weighted by Crippen LogP contribution is 2.25. The van der Waals surface area contributed by atoms with Crippen LogP contribution in [0.25, 0.3) is 11.1 Å². The van der Waals surface area contributed by atoms with Crippen molar-refractivity contribution in [2.45, 2.75) is 11.9 Å². The number of nitrogens with zero attached hydrogens (tertiary/aromatic N) is 2. The predicted molar refractivity (Wildman–Crippen MR) is 95.3 cm³/mol. The highest BCUT2D eigenvalue weighted by Gasteiger charge is 2.21. The fraction of sp³-hybridized carbons (Fsp3) is 0.118. The first kappa shape index (κ1) is 16.7. The molecule has 0 saturated carbocycles. The van der Waals surface area contributed by atoms with Crippen LogP contribution < -0.4 is 4.18 Å².